The van der Waals surface area contributed by atoms with Gasteiger partial charge in [-0.3, -0.25) is 4.79 Å². The molecule has 0 aliphatic heterocycles. The summed E-state index contributed by atoms with van der Waals surface area (Å²) in [4.78, 5) is 16.7. The molecule has 0 aliphatic carbocycles. The van der Waals surface area contributed by atoms with Gasteiger partial charge in [-0.15, -0.1) is 0 Å². The number of methoxy groups -OCH3 is 4. The van der Waals surface area contributed by atoms with Gasteiger partial charge in [0.2, 0.25) is 0 Å². The Labute approximate surface area is 214 Å². The Bertz CT molecular complexity index is 1560. The van der Waals surface area contributed by atoms with Crippen LogP contribution in [0.15, 0.2) is 65.4 Å². The van der Waals surface area contributed by atoms with Crippen molar-refractivity contribution in [3.05, 3.63) is 72.1 Å². The molecule has 5 aromatic rings. The summed E-state index contributed by atoms with van der Waals surface area (Å²) in [6.45, 7) is 0.446. The Morgan fingerprint density at radius 3 is 2.27 bits per heavy atom. The van der Waals surface area contributed by atoms with Gasteiger partial charge in [-0.05, 0) is 53.9 Å². The number of rotatable bonds is 9. The Morgan fingerprint density at radius 1 is 0.865 bits per heavy atom. The van der Waals surface area contributed by atoms with Crippen LogP contribution in [0.5, 0.6) is 23.0 Å². The number of aromatic nitrogens is 1. The van der Waals surface area contributed by atoms with Crippen molar-refractivity contribution in [3.8, 4) is 34.1 Å². The van der Waals surface area contributed by atoms with Gasteiger partial charge in [0.15, 0.2) is 0 Å². The van der Waals surface area contributed by atoms with Crippen molar-refractivity contribution in [2.75, 3.05) is 35.0 Å². The summed E-state index contributed by atoms with van der Waals surface area (Å²) < 4.78 is 27.5. The number of carbonyl (C=O) groups is 1. The van der Waals surface area contributed by atoms with Gasteiger partial charge in [0.1, 0.15) is 28.6 Å². The number of hydrogen-bond acceptors (Lipinski definition) is 6. The first-order valence-corrected chi connectivity index (χ1v) is 11.8. The number of ether oxygens (including phenoxy) is 4. The zero-order valence-electron chi connectivity index (χ0n) is 21.1. The summed E-state index contributed by atoms with van der Waals surface area (Å²) in [5.74, 6) is 2.37. The van der Waals surface area contributed by atoms with Crippen molar-refractivity contribution in [2.24, 2.45) is 0 Å². The standard InChI is InChI=1S/C29H28N2O6/c1-33-19-5-6-26-23(12-19)17(15-31-26)7-8-30-29(32)24-13-22(36-4)14-27-28(24)25(16-37-27)18-9-20(34-2)11-21(10-18)35-3/h5-6,9-16,31H,7-8H2,1-4H3,(H,30,32). The number of benzene rings is 3. The summed E-state index contributed by atoms with van der Waals surface area (Å²) in [5.41, 5.74) is 4.68. The first kappa shape index (κ1) is 24.1. The second-order valence-electron chi connectivity index (χ2n) is 8.53. The Balaban J connectivity index is 1.46. The summed E-state index contributed by atoms with van der Waals surface area (Å²) >= 11 is 0. The predicted octanol–water partition coefficient (Wildman–Crippen LogP) is 5.59. The number of hydrogen-bond donors (Lipinski definition) is 2. The lowest BCUT2D eigenvalue weighted by Gasteiger charge is -2.11. The van der Waals surface area contributed by atoms with Crippen LogP contribution in [-0.4, -0.2) is 45.9 Å². The van der Waals surface area contributed by atoms with E-state index in [1.807, 2.05) is 36.5 Å². The van der Waals surface area contributed by atoms with Crippen LogP contribution < -0.4 is 24.3 Å². The van der Waals surface area contributed by atoms with E-state index in [-0.39, 0.29) is 5.91 Å². The Hall–Kier alpha value is -4.59. The van der Waals surface area contributed by atoms with E-state index in [1.165, 1.54) is 0 Å². The molecule has 0 bridgehead atoms. The fraction of sp³-hybridized carbons (Fsp3) is 0.207. The lowest BCUT2D eigenvalue weighted by atomic mass is 9.99. The van der Waals surface area contributed by atoms with Crippen LogP contribution in [-0.2, 0) is 6.42 Å². The summed E-state index contributed by atoms with van der Waals surface area (Å²) in [6.07, 6.45) is 4.25. The average molecular weight is 501 g/mol. The average Bonchev–Trinajstić information content (AvgIpc) is 3.55. The van der Waals surface area contributed by atoms with E-state index in [0.29, 0.717) is 46.7 Å². The predicted molar refractivity (Wildman–Crippen MR) is 142 cm³/mol. The fourth-order valence-electron chi connectivity index (χ4n) is 4.51. The van der Waals surface area contributed by atoms with Crippen molar-refractivity contribution in [3.63, 3.8) is 0 Å². The van der Waals surface area contributed by atoms with Gasteiger partial charge in [0, 0.05) is 46.7 Å². The molecule has 0 fully saturated rings. The second-order valence-corrected chi connectivity index (χ2v) is 8.53. The maximum atomic E-state index is 13.5. The van der Waals surface area contributed by atoms with E-state index in [4.69, 9.17) is 23.4 Å². The molecule has 8 nitrogen and oxygen atoms in total. The smallest absolute Gasteiger partial charge is 0.252 e. The molecule has 0 atom stereocenters. The molecule has 5 rings (SSSR count). The van der Waals surface area contributed by atoms with Gasteiger partial charge in [0.05, 0.1) is 40.3 Å². The Morgan fingerprint density at radius 2 is 1.57 bits per heavy atom. The molecule has 1 amide bonds. The molecular formula is C29H28N2O6. The highest BCUT2D eigenvalue weighted by Crippen LogP contribution is 2.38. The van der Waals surface area contributed by atoms with E-state index < -0.39 is 0 Å². The maximum Gasteiger partial charge on any atom is 0.252 e. The van der Waals surface area contributed by atoms with Crippen LogP contribution in [0.1, 0.15) is 15.9 Å². The third-order valence-electron chi connectivity index (χ3n) is 6.45. The lowest BCUT2D eigenvalue weighted by Crippen LogP contribution is -2.26. The summed E-state index contributed by atoms with van der Waals surface area (Å²) in [5, 5.41) is 4.81. The third-order valence-corrected chi connectivity index (χ3v) is 6.45. The van der Waals surface area contributed by atoms with Crippen LogP contribution in [0.3, 0.4) is 0 Å². The van der Waals surface area contributed by atoms with E-state index >= 15 is 0 Å². The first-order valence-electron chi connectivity index (χ1n) is 11.8. The minimum Gasteiger partial charge on any atom is -0.497 e. The highest BCUT2D eigenvalue weighted by molar-refractivity contribution is 6.12. The van der Waals surface area contributed by atoms with E-state index in [2.05, 4.69) is 10.3 Å². The number of nitrogens with one attached hydrogen (secondary N) is 2. The third kappa shape index (κ3) is 4.65. The zero-order chi connectivity index (χ0) is 25.9. The largest absolute Gasteiger partial charge is 0.497 e. The van der Waals surface area contributed by atoms with Gasteiger partial charge in [-0.1, -0.05) is 0 Å². The normalized spacial score (nSPS) is 11.0. The summed E-state index contributed by atoms with van der Waals surface area (Å²) in [7, 11) is 6.40. The molecule has 0 aliphatic rings. The minimum atomic E-state index is -0.223. The highest BCUT2D eigenvalue weighted by Gasteiger charge is 2.20. The molecule has 0 spiro atoms. The van der Waals surface area contributed by atoms with Crippen molar-refractivity contribution < 1.29 is 28.2 Å². The highest BCUT2D eigenvalue weighted by atomic mass is 16.5. The fourth-order valence-corrected chi connectivity index (χ4v) is 4.51. The molecule has 8 heteroatoms. The summed E-state index contributed by atoms with van der Waals surface area (Å²) in [6, 6.07) is 14.9. The SMILES string of the molecule is COc1cc(OC)cc(-c2coc3cc(OC)cc(C(=O)NCCc4c[nH]c5ccc(OC)cc45)c23)c1. The quantitative estimate of drug-likeness (QED) is 0.274. The molecule has 2 aromatic heterocycles. The minimum absolute atomic E-state index is 0.223. The number of aromatic amines is 1. The maximum absolute atomic E-state index is 13.5. The van der Waals surface area contributed by atoms with Crippen LogP contribution in [0.4, 0.5) is 0 Å². The van der Waals surface area contributed by atoms with Gasteiger partial charge in [-0.25, -0.2) is 0 Å². The van der Waals surface area contributed by atoms with Crippen molar-refractivity contribution in [2.45, 2.75) is 6.42 Å². The van der Waals surface area contributed by atoms with E-state index in [9.17, 15) is 4.79 Å². The van der Waals surface area contributed by atoms with Crippen LogP contribution in [0.2, 0.25) is 0 Å². The number of furan rings is 1. The van der Waals surface area contributed by atoms with E-state index in [0.717, 1.165) is 33.3 Å². The molecule has 0 saturated heterocycles. The van der Waals surface area contributed by atoms with Crippen LogP contribution >= 0.6 is 0 Å². The molecule has 37 heavy (non-hydrogen) atoms. The van der Waals surface area contributed by atoms with Crippen molar-refractivity contribution in [1.82, 2.24) is 10.3 Å². The van der Waals surface area contributed by atoms with Gasteiger partial charge < -0.3 is 33.7 Å². The molecule has 2 heterocycles. The van der Waals surface area contributed by atoms with Crippen molar-refractivity contribution in [1.29, 1.82) is 0 Å². The van der Waals surface area contributed by atoms with Crippen LogP contribution in [0.25, 0.3) is 33.0 Å². The number of amides is 1. The van der Waals surface area contributed by atoms with Crippen LogP contribution in [0, 0.1) is 0 Å². The first-order chi connectivity index (χ1) is 18.0. The molecule has 3 aromatic carbocycles. The molecule has 0 unspecified atom stereocenters. The molecule has 2 N–H and O–H groups in total. The number of fused-ring (bicyclic) bond motifs is 2. The topological polar surface area (TPSA) is 95.0 Å². The molecule has 0 radical (unpaired) electrons. The monoisotopic (exact) mass is 500 g/mol. The number of H-pyrrole nitrogens is 1. The van der Waals surface area contributed by atoms with Gasteiger partial charge in [0.25, 0.3) is 5.91 Å². The zero-order valence-corrected chi connectivity index (χ0v) is 21.1. The number of carbonyl (C=O) groups excluding carboxylic acids is 1. The molecular weight excluding hydrogens is 472 g/mol. The van der Waals surface area contributed by atoms with Gasteiger partial charge in [-0.2, -0.15) is 0 Å². The lowest BCUT2D eigenvalue weighted by molar-refractivity contribution is 0.0955. The van der Waals surface area contributed by atoms with E-state index in [1.54, 1.807) is 52.9 Å². The molecule has 190 valence electrons. The van der Waals surface area contributed by atoms with Gasteiger partial charge >= 0.3 is 0 Å². The van der Waals surface area contributed by atoms with Crippen molar-refractivity contribution >= 4 is 27.8 Å². The molecule has 0 saturated carbocycles. The Kier molecular flexibility index (Phi) is 6.64. The second kappa shape index (κ2) is 10.2.